The smallest absolute Gasteiger partial charge is 0.135 e. The van der Waals surface area contributed by atoms with Crippen molar-refractivity contribution in [2.75, 3.05) is 0 Å². The van der Waals surface area contributed by atoms with E-state index in [-0.39, 0.29) is 5.41 Å². The second-order valence-corrected chi connectivity index (χ2v) is 12.6. The van der Waals surface area contributed by atoms with Crippen molar-refractivity contribution in [3.05, 3.63) is 133 Å². The lowest BCUT2D eigenvalue weighted by Gasteiger charge is -2.20. The van der Waals surface area contributed by atoms with E-state index in [1.165, 1.54) is 54.9 Å². The van der Waals surface area contributed by atoms with Gasteiger partial charge in [0.2, 0.25) is 0 Å². The molecule has 0 spiro atoms. The maximum absolute atomic E-state index is 6.21. The first-order valence-corrected chi connectivity index (χ1v) is 15.0. The first-order valence-electron chi connectivity index (χ1n) is 15.0. The van der Waals surface area contributed by atoms with Crippen molar-refractivity contribution in [2.24, 2.45) is 0 Å². The van der Waals surface area contributed by atoms with Gasteiger partial charge in [-0.05, 0) is 59.5 Å². The van der Waals surface area contributed by atoms with E-state index < -0.39 is 0 Å². The number of fused-ring (bicyclic) bond motifs is 10. The highest BCUT2D eigenvalue weighted by atomic mass is 16.3. The molecule has 0 saturated heterocycles. The Bertz CT molecular complexity index is 2550. The highest BCUT2D eigenvalue weighted by molar-refractivity contribution is 6.24. The van der Waals surface area contributed by atoms with Crippen LogP contribution < -0.4 is 0 Å². The summed E-state index contributed by atoms with van der Waals surface area (Å²) < 4.78 is 11.1. The van der Waals surface area contributed by atoms with Gasteiger partial charge in [-0.3, -0.25) is 0 Å². The van der Waals surface area contributed by atoms with Gasteiger partial charge >= 0.3 is 0 Å². The highest BCUT2D eigenvalue weighted by Crippen LogP contribution is 2.42. The normalized spacial score (nSPS) is 12.5. The standard InChI is InChI=1S/C40H30N2O/c1-40(2,3)25-11-10-12-26(23-25)41-34-16-7-4-13-28(34)31-20-21-32-29-14-5-8-17-35(29)42(39(32)38(31)41)27-19-22-37-33(24-27)30-15-6-9-18-36(30)43-37/h4-24H,1-3H3. The van der Waals surface area contributed by atoms with Gasteiger partial charge in [0.15, 0.2) is 0 Å². The Labute approximate surface area is 249 Å². The average molecular weight is 555 g/mol. The number of nitrogens with zero attached hydrogens (tertiary/aromatic N) is 2. The van der Waals surface area contributed by atoms with E-state index in [1.807, 2.05) is 12.1 Å². The molecular formula is C40H30N2O. The van der Waals surface area contributed by atoms with Crippen LogP contribution in [0.3, 0.4) is 0 Å². The molecule has 0 aliphatic rings. The van der Waals surface area contributed by atoms with Crippen molar-refractivity contribution < 1.29 is 4.42 Å². The number of benzene rings is 6. The Morgan fingerprint density at radius 1 is 0.442 bits per heavy atom. The monoisotopic (exact) mass is 554 g/mol. The lowest BCUT2D eigenvalue weighted by Crippen LogP contribution is -2.11. The lowest BCUT2D eigenvalue weighted by atomic mass is 9.87. The van der Waals surface area contributed by atoms with Crippen molar-refractivity contribution >= 4 is 65.6 Å². The highest BCUT2D eigenvalue weighted by Gasteiger charge is 2.22. The van der Waals surface area contributed by atoms with Crippen LogP contribution in [-0.2, 0) is 5.41 Å². The molecule has 0 aliphatic carbocycles. The Kier molecular flexibility index (Phi) is 4.88. The van der Waals surface area contributed by atoms with Crippen molar-refractivity contribution in [1.82, 2.24) is 9.13 Å². The van der Waals surface area contributed by atoms with E-state index in [9.17, 15) is 0 Å². The summed E-state index contributed by atoms with van der Waals surface area (Å²) in [4.78, 5) is 0. The lowest BCUT2D eigenvalue weighted by molar-refractivity contribution is 0.590. The third-order valence-corrected chi connectivity index (χ3v) is 9.06. The molecule has 0 saturated carbocycles. The van der Waals surface area contributed by atoms with Crippen LogP contribution in [0.2, 0.25) is 0 Å². The molecule has 0 bridgehead atoms. The predicted octanol–water partition coefficient (Wildman–Crippen LogP) is 11.1. The fraction of sp³-hybridized carbons (Fsp3) is 0.100. The SMILES string of the molecule is CC(C)(C)c1cccc(-n2c3ccccc3c3ccc4c5ccccc5n(-c5ccc6oc7ccccc7c6c5)c4c32)c1. The maximum atomic E-state index is 6.21. The van der Waals surface area contributed by atoms with Crippen LogP contribution in [0.25, 0.3) is 76.9 Å². The second kappa shape index (κ2) is 8.62. The molecule has 3 aromatic heterocycles. The molecule has 0 radical (unpaired) electrons. The van der Waals surface area contributed by atoms with Crippen LogP contribution in [0.5, 0.6) is 0 Å². The first kappa shape index (κ1) is 24.3. The Morgan fingerprint density at radius 2 is 1.00 bits per heavy atom. The van der Waals surface area contributed by atoms with Gasteiger partial charge < -0.3 is 13.6 Å². The zero-order valence-electron chi connectivity index (χ0n) is 24.4. The number of para-hydroxylation sites is 3. The third-order valence-electron chi connectivity index (χ3n) is 9.06. The van der Waals surface area contributed by atoms with E-state index in [4.69, 9.17) is 4.42 Å². The van der Waals surface area contributed by atoms with Crippen molar-refractivity contribution in [1.29, 1.82) is 0 Å². The molecule has 0 N–H and O–H groups in total. The third kappa shape index (κ3) is 3.42. The van der Waals surface area contributed by atoms with Gasteiger partial charge in [0.25, 0.3) is 0 Å². The fourth-order valence-electron chi connectivity index (χ4n) is 7.00. The first-order chi connectivity index (χ1) is 21.0. The van der Waals surface area contributed by atoms with Crippen LogP contribution in [0.15, 0.2) is 132 Å². The van der Waals surface area contributed by atoms with Gasteiger partial charge in [0, 0.05) is 43.7 Å². The summed E-state index contributed by atoms with van der Waals surface area (Å²) in [6.45, 7) is 6.84. The van der Waals surface area contributed by atoms with E-state index >= 15 is 0 Å². The Morgan fingerprint density at radius 3 is 1.65 bits per heavy atom. The largest absolute Gasteiger partial charge is 0.456 e. The molecule has 3 nitrogen and oxygen atoms in total. The van der Waals surface area contributed by atoms with Gasteiger partial charge in [-0.25, -0.2) is 0 Å². The minimum absolute atomic E-state index is 0.0434. The number of hydrogen-bond acceptors (Lipinski definition) is 1. The molecule has 3 heterocycles. The van der Waals surface area contributed by atoms with E-state index in [2.05, 4.69) is 145 Å². The fourth-order valence-corrected chi connectivity index (χ4v) is 7.00. The van der Waals surface area contributed by atoms with Gasteiger partial charge in [0.05, 0.1) is 22.1 Å². The van der Waals surface area contributed by atoms with Gasteiger partial charge in [0.1, 0.15) is 11.2 Å². The minimum atomic E-state index is 0.0434. The number of furan rings is 1. The molecule has 0 aliphatic heterocycles. The van der Waals surface area contributed by atoms with Crippen LogP contribution in [0, 0.1) is 0 Å². The minimum Gasteiger partial charge on any atom is -0.456 e. The van der Waals surface area contributed by atoms with E-state index in [0.717, 1.165) is 27.6 Å². The van der Waals surface area contributed by atoms with Crippen LogP contribution in [0.4, 0.5) is 0 Å². The molecule has 0 fully saturated rings. The molecule has 43 heavy (non-hydrogen) atoms. The predicted molar refractivity (Wildman–Crippen MR) is 181 cm³/mol. The van der Waals surface area contributed by atoms with Crippen LogP contribution in [0.1, 0.15) is 26.3 Å². The molecule has 9 aromatic rings. The van der Waals surface area contributed by atoms with Crippen molar-refractivity contribution in [2.45, 2.75) is 26.2 Å². The number of hydrogen-bond donors (Lipinski definition) is 0. The quantitative estimate of drug-likeness (QED) is 0.208. The molecule has 3 heteroatoms. The van der Waals surface area contributed by atoms with Crippen LogP contribution >= 0.6 is 0 Å². The Hall–Kier alpha value is -5.28. The molecular weight excluding hydrogens is 524 g/mol. The summed E-state index contributed by atoms with van der Waals surface area (Å²) in [5, 5.41) is 7.27. The summed E-state index contributed by atoms with van der Waals surface area (Å²) in [7, 11) is 0. The molecule has 6 aromatic carbocycles. The summed E-state index contributed by atoms with van der Waals surface area (Å²) in [5.41, 5.74) is 10.3. The zero-order valence-corrected chi connectivity index (χ0v) is 24.4. The Balaban J connectivity index is 1.48. The maximum Gasteiger partial charge on any atom is 0.135 e. The van der Waals surface area contributed by atoms with E-state index in [0.29, 0.717) is 0 Å². The number of rotatable bonds is 2. The molecule has 0 amide bonds. The molecule has 9 rings (SSSR count). The van der Waals surface area contributed by atoms with Gasteiger partial charge in [-0.1, -0.05) is 99.6 Å². The second-order valence-electron chi connectivity index (χ2n) is 12.6. The van der Waals surface area contributed by atoms with Crippen molar-refractivity contribution in [3.63, 3.8) is 0 Å². The summed E-state index contributed by atoms with van der Waals surface area (Å²) >= 11 is 0. The van der Waals surface area contributed by atoms with E-state index in [1.54, 1.807) is 0 Å². The molecule has 206 valence electrons. The molecule has 0 unspecified atom stereocenters. The van der Waals surface area contributed by atoms with Gasteiger partial charge in [-0.2, -0.15) is 0 Å². The van der Waals surface area contributed by atoms with Crippen LogP contribution in [-0.4, -0.2) is 9.13 Å². The topological polar surface area (TPSA) is 23.0 Å². The number of aromatic nitrogens is 2. The zero-order chi connectivity index (χ0) is 28.9. The molecule has 0 atom stereocenters. The summed E-state index contributed by atoms with van der Waals surface area (Å²) in [6.07, 6.45) is 0. The summed E-state index contributed by atoms with van der Waals surface area (Å²) in [5.74, 6) is 0. The van der Waals surface area contributed by atoms with Gasteiger partial charge in [-0.15, -0.1) is 0 Å². The average Bonchev–Trinajstić information content (AvgIpc) is 3.68. The van der Waals surface area contributed by atoms with Crippen molar-refractivity contribution in [3.8, 4) is 11.4 Å². The summed E-state index contributed by atoms with van der Waals surface area (Å²) in [6, 6.07) is 46.2.